The Morgan fingerprint density at radius 1 is 0.463 bits per heavy atom. The molecule has 0 aliphatic heterocycles. The summed E-state index contributed by atoms with van der Waals surface area (Å²) >= 11 is 0. The lowest BCUT2D eigenvalue weighted by Crippen LogP contribution is -1.99. The number of allylic oxidation sites excluding steroid dienone is 4. The fourth-order valence-corrected chi connectivity index (χ4v) is 4.79. The van der Waals surface area contributed by atoms with E-state index < -0.39 is 5.97 Å². The predicted molar refractivity (Wildman–Crippen MR) is 179 cm³/mol. The molecule has 0 saturated heterocycles. The number of hydrogen-bond acceptors (Lipinski definition) is 3. The van der Waals surface area contributed by atoms with E-state index in [-0.39, 0.29) is 5.97 Å². The van der Waals surface area contributed by atoms with E-state index in [0.717, 1.165) is 25.7 Å². The van der Waals surface area contributed by atoms with Crippen LogP contribution in [0.3, 0.4) is 0 Å². The van der Waals surface area contributed by atoms with Crippen molar-refractivity contribution in [1.29, 1.82) is 0 Å². The predicted octanol–water partition coefficient (Wildman–Crippen LogP) is 12.3. The van der Waals surface area contributed by atoms with Crippen LogP contribution in [0.4, 0.5) is 0 Å². The lowest BCUT2D eigenvalue weighted by Gasteiger charge is -2.01. The van der Waals surface area contributed by atoms with Crippen molar-refractivity contribution in [2.24, 2.45) is 0 Å². The Bertz CT molecular complexity index is 581. The van der Waals surface area contributed by atoms with Crippen LogP contribution in [0.1, 0.15) is 194 Å². The molecule has 0 radical (unpaired) electrons. The molecule has 4 nitrogen and oxygen atoms in total. The van der Waals surface area contributed by atoms with Crippen molar-refractivity contribution in [2.45, 2.75) is 194 Å². The van der Waals surface area contributed by atoms with Gasteiger partial charge in [-0.2, -0.15) is 0 Å². The Morgan fingerprint density at radius 2 is 0.756 bits per heavy atom. The van der Waals surface area contributed by atoms with E-state index in [9.17, 15) is 9.59 Å². The largest absolute Gasteiger partial charge is 0.481 e. The zero-order valence-corrected chi connectivity index (χ0v) is 27.8. The van der Waals surface area contributed by atoms with Crippen molar-refractivity contribution in [2.75, 3.05) is 7.11 Å². The van der Waals surface area contributed by atoms with E-state index in [4.69, 9.17) is 5.11 Å². The van der Waals surface area contributed by atoms with Gasteiger partial charge in [-0.3, -0.25) is 9.59 Å². The molecule has 242 valence electrons. The number of aliphatic carboxylic acids is 1. The van der Waals surface area contributed by atoms with Gasteiger partial charge in [0.2, 0.25) is 0 Å². The minimum Gasteiger partial charge on any atom is -0.481 e. The van der Waals surface area contributed by atoms with Crippen LogP contribution in [-0.2, 0) is 14.3 Å². The van der Waals surface area contributed by atoms with Crippen molar-refractivity contribution < 1.29 is 19.4 Å². The molecule has 0 amide bonds. The molecule has 0 unspecified atom stereocenters. The third-order valence-electron chi connectivity index (χ3n) is 7.52. The fraction of sp³-hybridized carbons (Fsp3) is 0.838. The van der Waals surface area contributed by atoms with Gasteiger partial charge < -0.3 is 9.84 Å². The van der Waals surface area contributed by atoms with Crippen molar-refractivity contribution in [1.82, 2.24) is 0 Å². The maximum Gasteiger partial charge on any atom is 0.305 e. The number of methoxy groups -OCH3 is 1. The quantitative estimate of drug-likeness (QED) is 0.0523. The monoisotopic (exact) mass is 579 g/mol. The second-order valence-electron chi connectivity index (χ2n) is 11.6. The molecule has 0 rings (SSSR count). The first kappa shape index (κ1) is 41.6. The third kappa shape index (κ3) is 43.0. The van der Waals surface area contributed by atoms with Crippen LogP contribution in [0.25, 0.3) is 0 Å². The number of carbonyl (C=O) groups is 2. The van der Waals surface area contributed by atoms with Gasteiger partial charge in [-0.1, -0.05) is 141 Å². The number of carbonyl (C=O) groups excluding carboxylic acids is 1. The molecule has 0 aromatic heterocycles. The number of carboxylic acid groups (broad SMARTS) is 1. The minimum absolute atomic E-state index is 0.0715. The number of hydrogen-bond donors (Lipinski definition) is 1. The van der Waals surface area contributed by atoms with Gasteiger partial charge >= 0.3 is 11.9 Å². The first-order chi connectivity index (χ1) is 20.1. The Balaban J connectivity index is 0. The molecule has 0 atom stereocenters. The second-order valence-corrected chi connectivity index (χ2v) is 11.6. The molecule has 0 spiro atoms. The highest BCUT2D eigenvalue weighted by Gasteiger charge is 1.99. The number of unbranched alkanes of at least 4 members (excludes halogenated alkanes) is 22. The van der Waals surface area contributed by atoms with E-state index in [2.05, 4.69) is 42.9 Å². The molecular weight excluding hydrogens is 508 g/mol. The van der Waals surface area contributed by atoms with Gasteiger partial charge in [0, 0.05) is 12.8 Å². The van der Waals surface area contributed by atoms with Crippen LogP contribution < -0.4 is 0 Å². The summed E-state index contributed by atoms with van der Waals surface area (Å²) in [7, 11) is 1.46. The van der Waals surface area contributed by atoms with Gasteiger partial charge in [0.15, 0.2) is 0 Å². The first-order valence-electron chi connectivity index (χ1n) is 17.7. The van der Waals surface area contributed by atoms with Crippen LogP contribution in [0.15, 0.2) is 24.3 Å². The normalized spacial score (nSPS) is 11.2. The molecule has 0 heterocycles. The summed E-state index contributed by atoms with van der Waals surface area (Å²) in [5, 5.41) is 8.51. The fourth-order valence-electron chi connectivity index (χ4n) is 4.79. The van der Waals surface area contributed by atoms with Crippen LogP contribution in [-0.4, -0.2) is 24.2 Å². The van der Waals surface area contributed by atoms with Crippen molar-refractivity contribution in [3.05, 3.63) is 24.3 Å². The standard InChI is InChI=1S/C19H36O2.C18H34O2/c1-3-4-5-6-7-8-9-10-11-12-13-14-15-16-17-18-19(20)21-2;1-2-3-4-5-6-7-8-9-10-11-12-13-14-15-16-17-18(19)20/h7-8H,3-6,9-18H2,1-2H3;6-7H,2-5,8-17H2,1H3,(H,19,20)/b8-7-;7-6-. The molecule has 41 heavy (non-hydrogen) atoms. The Kier molecular flexibility index (Phi) is 38.9. The van der Waals surface area contributed by atoms with Crippen molar-refractivity contribution >= 4 is 11.9 Å². The van der Waals surface area contributed by atoms with E-state index in [1.165, 1.54) is 148 Å². The average Bonchev–Trinajstić information content (AvgIpc) is 2.97. The summed E-state index contributed by atoms with van der Waals surface area (Å²) in [5.41, 5.74) is 0. The summed E-state index contributed by atoms with van der Waals surface area (Å²) in [5.74, 6) is -0.731. The van der Waals surface area contributed by atoms with Crippen LogP contribution >= 0.6 is 0 Å². The summed E-state index contributed by atoms with van der Waals surface area (Å²) in [6, 6.07) is 0. The summed E-state index contributed by atoms with van der Waals surface area (Å²) in [6.45, 7) is 4.50. The summed E-state index contributed by atoms with van der Waals surface area (Å²) in [6.07, 6.45) is 43.2. The van der Waals surface area contributed by atoms with E-state index >= 15 is 0 Å². The van der Waals surface area contributed by atoms with Crippen LogP contribution in [0.5, 0.6) is 0 Å². The first-order valence-corrected chi connectivity index (χ1v) is 17.7. The SMILES string of the molecule is CCCCC/C=C\CCCCCCCCCCC(=O)O.CCCCC/C=C\CCCCCCCCCCC(=O)OC. The van der Waals surface area contributed by atoms with Gasteiger partial charge in [0.25, 0.3) is 0 Å². The lowest BCUT2D eigenvalue weighted by atomic mass is 10.1. The Labute approximate surface area is 256 Å². The van der Waals surface area contributed by atoms with Crippen molar-refractivity contribution in [3.8, 4) is 0 Å². The van der Waals surface area contributed by atoms with Crippen LogP contribution in [0.2, 0.25) is 0 Å². The van der Waals surface area contributed by atoms with E-state index in [1.807, 2.05) is 0 Å². The third-order valence-corrected chi connectivity index (χ3v) is 7.52. The molecule has 0 bridgehead atoms. The van der Waals surface area contributed by atoms with Crippen LogP contribution in [0, 0.1) is 0 Å². The smallest absolute Gasteiger partial charge is 0.305 e. The number of carboxylic acids is 1. The highest BCUT2D eigenvalue weighted by molar-refractivity contribution is 5.69. The van der Waals surface area contributed by atoms with E-state index in [1.54, 1.807) is 0 Å². The summed E-state index contributed by atoms with van der Waals surface area (Å²) < 4.78 is 4.62. The average molecular weight is 579 g/mol. The molecular formula is C37H70O4. The van der Waals surface area contributed by atoms with Gasteiger partial charge in [-0.05, 0) is 64.2 Å². The molecule has 0 aliphatic carbocycles. The van der Waals surface area contributed by atoms with Gasteiger partial charge in [0.1, 0.15) is 0 Å². The maximum absolute atomic E-state index is 10.9. The number of rotatable bonds is 30. The Hall–Kier alpha value is -1.58. The topological polar surface area (TPSA) is 63.6 Å². The van der Waals surface area contributed by atoms with Gasteiger partial charge in [0.05, 0.1) is 7.11 Å². The van der Waals surface area contributed by atoms with Crippen molar-refractivity contribution in [3.63, 3.8) is 0 Å². The zero-order valence-electron chi connectivity index (χ0n) is 27.8. The van der Waals surface area contributed by atoms with Gasteiger partial charge in [-0.15, -0.1) is 0 Å². The molecule has 0 aromatic rings. The Morgan fingerprint density at radius 3 is 1.07 bits per heavy atom. The molecule has 0 aromatic carbocycles. The lowest BCUT2D eigenvalue weighted by molar-refractivity contribution is -0.141. The van der Waals surface area contributed by atoms with E-state index in [0.29, 0.717) is 12.8 Å². The minimum atomic E-state index is -0.659. The molecule has 4 heteroatoms. The second kappa shape index (κ2) is 38.4. The number of esters is 1. The zero-order chi connectivity index (χ0) is 30.5. The maximum atomic E-state index is 10.9. The highest BCUT2D eigenvalue weighted by atomic mass is 16.5. The molecule has 0 saturated carbocycles. The summed E-state index contributed by atoms with van der Waals surface area (Å²) in [4.78, 5) is 21.2. The number of ether oxygens (including phenoxy) is 1. The van der Waals surface area contributed by atoms with Gasteiger partial charge in [-0.25, -0.2) is 0 Å². The molecule has 0 aliphatic rings. The molecule has 0 fully saturated rings. The highest BCUT2D eigenvalue weighted by Crippen LogP contribution is 2.12. The molecule has 1 N–H and O–H groups in total.